The van der Waals surface area contributed by atoms with E-state index >= 15 is 0 Å². The normalized spacial score (nSPS) is 13.8. The Morgan fingerprint density at radius 1 is 1.17 bits per heavy atom. The molecule has 0 saturated carbocycles. The van der Waals surface area contributed by atoms with Crippen LogP contribution >= 0.6 is 0 Å². The van der Waals surface area contributed by atoms with Gasteiger partial charge < -0.3 is 5.32 Å². The van der Waals surface area contributed by atoms with Crippen molar-refractivity contribution >= 4 is 7.85 Å². The molecule has 1 nitrogen and oxygen atoms in total. The molecule has 134 valence electrons. The highest BCUT2D eigenvalue weighted by atomic mass is 14.9. The van der Waals surface area contributed by atoms with Crippen LogP contribution in [-0.4, -0.2) is 20.9 Å². The summed E-state index contributed by atoms with van der Waals surface area (Å²) in [6.07, 6.45) is 11.9. The fourth-order valence-corrected chi connectivity index (χ4v) is 3.00. The summed E-state index contributed by atoms with van der Waals surface area (Å²) in [6, 6.07) is 0. The molecule has 0 rings (SSSR count). The molecule has 0 aliphatic carbocycles. The zero-order valence-electron chi connectivity index (χ0n) is 16.8. The van der Waals surface area contributed by atoms with E-state index in [-0.39, 0.29) is 5.41 Å². The molecule has 0 heterocycles. The molecule has 0 unspecified atom stereocenters. The molecule has 2 heteroatoms. The second-order valence-corrected chi connectivity index (χ2v) is 7.67. The van der Waals surface area contributed by atoms with Crippen molar-refractivity contribution in [2.75, 3.05) is 13.1 Å². The van der Waals surface area contributed by atoms with E-state index in [1.165, 1.54) is 31.3 Å². The van der Waals surface area contributed by atoms with Crippen LogP contribution in [0.5, 0.6) is 0 Å². The zero-order chi connectivity index (χ0) is 18.6. The quantitative estimate of drug-likeness (QED) is 0.250. The zero-order valence-corrected chi connectivity index (χ0v) is 16.8. The average Bonchev–Trinajstić information content (AvgIpc) is 2.50. The van der Waals surface area contributed by atoms with E-state index in [4.69, 9.17) is 7.85 Å². The first-order valence-electron chi connectivity index (χ1n) is 9.45. The predicted molar refractivity (Wildman–Crippen MR) is 112 cm³/mol. The van der Waals surface area contributed by atoms with Crippen LogP contribution in [-0.2, 0) is 0 Å². The molecular formula is C22H38BN. The van der Waals surface area contributed by atoms with Crippen LogP contribution in [0.3, 0.4) is 0 Å². The second kappa shape index (κ2) is 12.4. The van der Waals surface area contributed by atoms with E-state index < -0.39 is 0 Å². The molecule has 0 aromatic carbocycles. The predicted octanol–water partition coefficient (Wildman–Crippen LogP) is 5.95. The van der Waals surface area contributed by atoms with Crippen LogP contribution in [0.1, 0.15) is 66.7 Å². The largest absolute Gasteiger partial charge is 0.312 e. The Labute approximate surface area is 152 Å². The van der Waals surface area contributed by atoms with Gasteiger partial charge in [0, 0.05) is 6.54 Å². The van der Waals surface area contributed by atoms with Gasteiger partial charge in [0.05, 0.1) is 0 Å². The highest BCUT2D eigenvalue weighted by Crippen LogP contribution is 2.36. The lowest BCUT2D eigenvalue weighted by atomic mass is 9.73. The molecule has 0 spiro atoms. The van der Waals surface area contributed by atoms with Crippen molar-refractivity contribution in [1.82, 2.24) is 5.32 Å². The van der Waals surface area contributed by atoms with Crippen LogP contribution in [0.15, 0.2) is 48.0 Å². The summed E-state index contributed by atoms with van der Waals surface area (Å²) in [5, 5.41) is 3.53. The van der Waals surface area contributed by atoms with Gasteiger partial charge in [-0.05, 0) is 35.4 Å². The molecule has 2 radical (unpaired) electrons. The van der Waals surface area contributed by atoms with E-state index in [9.17, 15) is 0 Å². The highest BCUT2D eigenvalue weighted by Gasteiger charge is 2.24. The van der Waals surface area contributed by atoms with E-state index in [1.807, 2.05) is 12.2 Å². The molecule has 0 atom stereocenters. The molecular weight excluding hydrogens is 289 g/mol. The van der Waals surface area contributed by atoms with Crippen LogP contribution in [0.25, 0.3) is 0 Å². The van der Waals surface area contributed by atoms with Gasteiger partial charge in [0.1, 0.15) is 7.85 Å². The molecule has 0 aliphatic heterocycles. The molecule has 0 bridgehead atoms. The van der Waals surface area contributed by atoms with Crippen molar-refractivity contribution in [3.05, 3.63) is 48.0 Å². The summed E-state index contributed by atoms with van der Waals surface area (Å²) >= 11 is 0. The summed E-state index contributed by atoms with van der Waals surface area (Å²) in [5.74, 6) is 0.616. The average molecular weight is 327 g/mol. The van der Waals surface area contributed by atoms with Gasteiger partial charge in [-0.15, -0.1) is 0 Å². The maximum absolute atomic E-state index is 6.34. The van der Waals surface area contributed by atoms with Gasteiger partial charge in [0.15, 0.2) is 0 Å². The third-order valence-electron chi connectivity index (χ3n) is 4.41. The first-order valence-corrected chi connectivity index (χ1v) is 9.45. The van der Waals surface area contributed by atoms with Gasteiger partial charge in [0.2, 0.25) is 0 Å². The van der Waals surface area contributed by atoms with Gasteiger partial charge in [-0.25, -0.2) is 0 Å². The van der Waals surface area contributed by atoms with E-state index in [1.54, 1.807) is 6.08 Å². The van der Waals surface area contributed by atoms with Gasteiger partial charge in [0.25, 0.3) is 0 Å². The first-order chi connectivity index (χ1) is 11.3. The molecule has 0 saturated heterocycles. The number of unbranched alkanes of at least 4 members (excludes halogenated alkanes) is 3. The fraction of sp³-hybridized carbons (Fsp3) is 0.636. The monoisotopic (exact) mass is 327 g/mol. The molecule has 24 heavy (non-hydrogen) atoms. The van der Waals surface area contributed by atoms with E-state index in [2.05, 4.69) is 53.1 Å². The maximum Gasteiger partial charge on any atom is 0.114 e. The SMILES string of the molecule is [B]C(=C/C=C)/C(CNCC(C)C)=C(\C=C)C(C)(C)CCCCCC. The lowest BCUT2D eigenvalue weighted by Crippen LogP contribution is -2.26. The van der Waals surface area contributed by atoms with Crippen molar-refractivity contribution in [2.45, 2.75) is 66.7 Å². The van der Waals surface area contributed by atoms with E-state index in [0.717, 1.165) is 30.6 Å². The molecule has 0 fully saturated rings. The lowest BCUT2D eigenvalue weighted by molar-refractivity contribution is 0.389. The smallest absolute Gasteiger partial charge is 0.114 e. The van der Waals surface area contributed by atoms with Gasteiger partial charge in [-0.1, -0.05) is 97.2 Å². The molecule has 1 N–H and O–H groups in total. The number of hydrogen-bond acceptors (Lipinski definition) is 1. The van der Waals surface area contributed by atoms with Gasteiger partial charge >= 0.3 is 0 Å². The first kappa shape index (κ1) is 23.0. The third-order valence-corrected chi connectivity index (χ3v) is 4.41. The summed E-state index contributed by atoms with van der Waals surface area (Å²) in [4.78, 5) is 0. The van der Waals surface area contributed by atoms with Crippen molar-refractivity contribution < 1.29 is 0 Å². The number of rotatable bonds is 13. The Hall–Kier alpha value is -1.02. The number of nitrogens with one attached hydrogen (secondary N) is 1. The van der Waals surface area contributed by atoms with Gasteiger partial charge in [-0.2, -0.15) is 0 Å². The fourth-order valence-electron chi connectivity index (χ4n) is 3.00. The summed E-state index contributed by atoms with van der Waals surface area (Å²) < 4.78 is 0. The second-order valence-electron chi connectivity index (χ2n) is 7.67. The van der Waals surface area contributed by atoms with Crippen LogP contribution in [0, 0.1) is 11.3 Å². The molecule has 0 aromatic heterocycles. The topological polar surface area (TPSA) is 12.0 Å². The van der Waals surface area contributed by atoms with Crippen molar-refractivity contribution in [3.63, 3.8) is 0 Å². The summed E-state index contributed by atoms with van der Waals surface area (Å²) in [6.45, 7) is 20.9. The highest BCUT2D eigenvalue weighted by molar-refractivity contribution is 6.24. The molecule has 0 amide bonds. The van der Waals surface area contributed by atoms with E-state index in [0.29, 0.717) is 5.92 Å². The summed E-state index contributed by atoms with van der Waals surface area (Å²) in [7, 11) is 6.34. The minimum Gasteiger partial charge on any atom is -0.312 e. The Morgan fingerprint density at radius 3 is 2.33 bits per heavy atom. The van der Waals surface area contributed by atoms with Crippen molar-refractivity contribution in [1.29, 1.82) is 0 Å². The number of allylic oxidation sites excluding steroid dienone is 4. The minimum absolute atomic E-state index is 0.0734. The van der Waals surface area contributed by atoms with Crippen molar-refractivity contribution in [2.24, 2.45) is 11.3 Å². The number of hydrogen-bond donors (Lipinski definition) is 1. The van der Waals surface area contributed by atoms with Crippen molar-refractivity contribution in [3.8, 4) is 0 Å². The van der Waals surface area contributed by atoms with Crippen LogP contribution in [0.4, 0.5) is 0 Å². The Balaban J connectivity index is 5.41. The Bertz CT molecular complexity index is 441. The standard InChI is InChI=1S/C22H38BN/c1-8-11-12-13-15-22(6,7)20(10-3)19(21(23)14-9-2)17-24-16-18(4)5/h9-10,14,18,24H,2-3,8,11-13,15-17H2,1,4-7H3/b20-19+,21-14+. The van der Waals surface area contributed by atoms with Crippen LogP contribution < -0.4 is 5.32 Å². The van der Waals surface area contributed by atoms with Gasteiger partial charge in [-0.3, -0.25) is 0 Å². The van der Waals surface area contributed by atoms with Crippen LogP contribution in [0.2, 0.25) is 0 Å². The summed E-state index contributed by atoms with van der Waals surface area (Å²) in [5.41, 5.74) is 3.28. The molecule has 0 aromatic rings. The Morgan fingerprint density at radius 2 is 1.83 bits per heavy atom. The minimum atomic E-state index is 0.0734. The molecule has 0 aliphatic rings. The third kappa shape index (κ3) is 8.73. The lowest BCUT2D eigenvalue weighted by Gasteiger charge is -2.30. The Kier molecular flexibility index (Phi) is 11.8. The maximum atomic E-state index is 6.34.